The lowest BCUT2D eigenvalue weighted by atomic mass is 10.3. The van der Waals surface area contributed by atoms with E-state index in [0.717, 1.165) is 12.1 Å². The number of nitro groups is 2. The molecule has 0 aliphatic carbocycles. The summed E-state index contributed by atoms with van der Waals surface area (Å²) in [4.78, 5) is 18.9. The van der Waals surface area contributed by atoms with Crippen LogP contribution < -0.4 is 5.73 Å². The number of nitrogens with two attached hydrogens (primary N) is 1. The van der Waals surface area contributed by atoms with Crippen LogP contribution in [0.5, 0.6) is 0 Å². The normalized spacial score (nSPS) is 11.7. The lowest BCUT2D eigenvalue weighted by Gasteiger charge is -2.07. The third-order valence-corrected chi connectivity index (χ3v) is 2.90. The van der Waals surface area contributed by atoms with E-state index in [9.17, 15) is 28.6 Å². The Kier molecular flexibility index (Phi) is 4.37. The number of oxime groups is 1. The molecule has 12 nitrogen and oxygen atoms in total. The van der Waals surface area contributed by atoms with Crippen molar-refractivity contribution in [2.24, 2.45) is 10.9 Å². The topological polar surface area (TPSA) is 182 Å². The number of guanidine groups is 1. The van der Waals surface area contributed by atoms with Crippen LogP contribution in [0.15, 0.2) is 34.3 Å². The van der Waals surface area contributed by atoms with Gasteiger partial charge in [-0.3, -0.25) is 10.1 Å². The molecule has 13 heteroatoms. The van der Waals surface area contributed by atoms with Crippen LogP contribution in [-0.2, 0) is 14.4 Å². The van der Waals surface area contributed by atoms with E-state index in [4.69, 9.17) is 5.73 Å². The Balaban J connectivity index is 3.07. The van der Waals surface area contributed by atoms with Crippen LogP contribution in [-0.4, -0.2) is 24.3 Å². The minimum Gasteiger partial charge on any atom is -0.446 e. The number of hydrogen-bond donors (Lipinski definition) is 1. The zero-order valence-corrected chi connectivity index (χ0v) is 10.3. The molecule has 0 unspecified atom stereocenters. The van der Waals surface area contributed by atoms with E-state index < -0.39 is 36.6 Å². The monoisotopic (exact) mass is 304 g/mol. The van der Waals surface area contributed by atoms with Crippen molar-refractivity contribution in [2.45, 2.75) is 4.90 Å². The van der Waals surface area contributed by atoms with E-state index >= 15 is 0 Å². The predicted molar refractivity (Wildman–Crippen MR) is 63.3 cm³/mol. The van der Waals surface area contributed by atoms with Gasteiger partial charge in [-0.05, 0) is 6.07 Å². The first-order valence-electron chi connectivity index (χ1n) is 4.60. The highest BCUT2D eigenvalue weighted by Gasteiger charge is 2.26. The van der Waals surface area contributed by atoms with Gasteiger partial charge < -0.3 is 10.0 Å². The van der Waals surface area contributed by atoms with Gasteiger partial charge in [0.05, 0.1) is 4.92 Å². The Hall–Kier alpha value is -2.96. The number of nitro benzene ring substituents is 1. The van der Waals surface area contributed by atoms with Crippen molar-refractivity contribution in [2.75, 3.05) is 0 Å². The molecule has 0 aliphatic rings. The SMILES string of the molecule is N/C(=N\OS(=O)(=O)c1ccccc1[N+](=O)[O-])[N-][N+](=O)[O-]. The Morgan fingerprint density at radius 3 is 2.45 bits per heavy atom. The Morgan fingerprint density at radius 2 is 1.90 bits per heavy atom. The maximum atomic E-state index is 11.6. The van der Waals surface area contributed by atoms with Crippen molar-refractivity contribution in [1.82, 2.24) is 0 Å². The maximum Gasteiger partial charge on any atom is 0.353 e. The van der Waals surface area contributed by atoms with Gasteiger partial charge in [0.15, 0.2) is 4.90 Å². The first-order valence-corrected chi connectivity index (χ1v) is 6.01. The second-order valence-electron chi connectivity index (χ2n) is 3.04. The molecule has 0 saturated heterocycles. The molecule has 0 aliphatic heterocycles. The zero-order chi connectivity index (χ0) is 15.3. The Bertz CT molecular complexity index is 670. The van der Waals surface area contributed by atoms with Crippen molar-refractivity contribution in [1.29, 1.82) is 0 Å². The van der Waals surface area contributed by atoms with E-state index in [1.807, 2.05) is 0 Å². The van der Waals surface area contributed by atoms with Gasteiger partial charge in [0, 0.05) is 6.07 Å². The van der Waals surface area contributed by atoms with Crippen molar-refractivity contribution in [3.8, 4) is 0 Å². The zero-order valence-electron chi connectivity index (χ0n) is 9.44. The highest BCUT2D eigenvalue weighted by atomic mass is 32.2. The smallest absolute Gasteiger partial charge is 0.353 e. The highest BCUT2D eigenvalue weighted by molar-refractivity contribution is 7.86. The van der Waals surface area contributed by atoms with E-state index in [0.29, 0.717) is 0 Å². The summed E-state index contributed by atoms with van der Waals surface area (Å²) in [7, 11) is -4.66. The third kappa shape index (κ3) is 3.77. The fourth-order valence-electron chi connectivity index (χ4n) is 1.05. The average Bonchev–Trinajstić information content (AvgIpc) is 2.36. The van der Waals surface area contributed by atoms with Gasteiger partial charge in [0.25, 0.3) is 5.69 Å². The fraction of sp³-hybridized carbons (Fsp3) is 0. The van der Waals surface area contributed by atoms with Crippen LogP contribution in [0, 0.1) is 20.2 Å². The van der Waals surface area contributed by atoms with Gasteiger partial charge in [0.2, 0.25) is 0 Å². The second-order valence-corrected chi connectivity index (χ2v) is 4.54. The third-order valence-electron chi connectivity index (χ3n) is 1.74. The van der Waals surface area contributed by atoms with Crippen molar-refractivity contribution in [3.63, 3.8) is 0 Å². The molecule has 0 amide bonds. The van der Waals surface area contributed by atoms with Gasteiger partial charge in [0.1, 0.15) is 11.0 Å². The first kappa shape index (κ1) is 15.1. The first-order chi connectivity index (χ1) is 9.24. The number of benzene rings is 1. The Morgan fingerprint density at radius 1 is 1.30 bits per heavy atom. The molecule has 0 aromatic heterocycles. The second kappa shape index (κ2) is 5.79. The molecule has 0 atom stereocenters. The van der Waals surface area contributed by atoms with Gasteiger partial charge in [-0.15, -0.1) is 0 Å². The molecule has 0 fully saturated rings. The molecule has 108 valence electrons. The maximum absolute atomic E-state index is 11.6. The van der Waals surface area contributed by atoms with Crippen molar-refractivity contribution >= 4 is 21.8 Å². The summed E-state index contributed by atoms with van der Waals surface area (Å²) in [5, 5.41) is 22.1. The largest absolute Gasteiger partial charge is 0.446 e. The molecular weight excluding hydrogens is 298 g/mol. The summed E-state index contributed by atoms with van der Waals surface area (Å²) in [5.74, 6) is -1.07. The standard InChI is InChI=1S/C7H6N5O7S/c8-7(9-12(15)16)10-19-20(17,18)6-4-2-1-3-5(6)11(13)14/h1-4H,(H2-,8,9,10)/q-1. The van der Waals surface area contributed by atoms with Crippen molar-refractivity contribution < 1.29 is 22.7 Å². The van der Waals surface area contributed by atoms with Crippen LogP contribution in [0.2, 0.25) is 0 Å². The minimum absolute atomic E-state index is 0.743. The quantitative estimate of drug-likeness (QED) is 0.343. The van der Waals surface area contributed by atoms with Gasteiger partial charge in [-0.25, -0.2) is 10.1 Å². The van der Waals surface area contributed by atoms with Crippen LogP contribution >= 0.6 is 0 Å². The number of nitrogens with zero attached hydrogens (tertiary/aromatic N) is 4. The van der Waals surface area contributed by atoms with Crippen molar-refractivity contribution in [3.05, 3.63) is 49.9 Å². The van der Waals surface area contributed by atoms with E-state index in [1.54, 1.807) is 0 Å². The Labute approximate surface area is 111 Å². The fourth-order valence-corrected chi connectivity index (χ4v) is 1.95. The van der Waals surface area contributed by atoms with Gasteiger partial charge in [-0.1, -0.05) is 17.6 Å². The summed E-state index contributed by atoms with van der Waals surface area (Å²) in [6.07, 6.45) is 0. The highest BCUT2D eigenvalue weighted by Crippen LogP contribution is 2.24. The van der Waals surface area contributed by atoms with Gasteiger partial charge >= 0.3 is 10.1 Å². The van der Waals surface area contributed by atoms with Gasteiger partial charge in [-0.2, -0.15) is 13.6 Å². The summed E-state index contributed by atoms with van der Waals surface area (Å²) < 4.78 is 27.3. The number of rotatable bonds is 5. The summed E-state index contributed by atoms with van der Waals surface area (Å²) in [6.45, 7) is 0. The lowest BCUT2D eigenvalue weighted by molar-refractivity contribution is -0.416. The predicted octanol–water partition coefficient (Wildman–Crippen LogP) is 0.0952. The molecule has 1 aromatic carbocycles. The van der Waals surface area contributed by atoms with Crippen LogP contribution in [0.25, 0.3) is 5.43 Å². The summed E-state index contributed by atoms with van der Waals surface area (Å²) >= 11 is 0. The molecule has 1 aromatic rings. The minimum atomic E-state index is -4.66. The molecule has 20 heavy (non-hydrogen) atoms. The molecule has 0 heterocycles. The molecule has 0 radical (unpaired) electrons. The molecule has 2 N–H and O–H groups in total. The van der Waals surface area contributed by atoms with Crippen LogP contribution in [0.3, 0.4) is 0 Å². The van der Waals surface area contributed by atoms with Crippen LogP contribution in [0.1, 0.15) is 0 Å². The number of hydrogen-bond acceptors (Lipinski definition) is 8. The molecular formula is C7H6N5O7S-. The van der Waals surface area contributed by atoms with E-state index in [2.05, 4.69) is 14.9 Å². The molecule has 0 bridgehead atoms. The average molecular weight is 304 g/mol. The molecule has 0 saturated carbocycles. The number of para-hydroxylation sites is 1. The summed E-state index contributed by atoms with van der Waals surface area (Å²) in [6, 6.07) is 4.31. The molecule has 1 rings (SSSR count). The summed E-state index contributed by atoms with van der Waals surface area (Å²) in [5.41, 5.74) is 6.59. The van der Waals surface area contributed by atoms with E-state index in [-0.39, 0.29) is 0 Å². The van der Waals surface area contributed by atoms with Crippen LogP contribution in [0.4, 0.5) is 5.69 Å². The molecule has 0 spiro atoms. The lowest BCUT2D eigenvalue weighted by Crippen LogP contribution is -2.16. The van der Waals surface area contributed by atoms with E-state index in [1.165, 1.54) is 12.1 Å².